The summed E-state index contributed by atoms with van der Waals surface area (Å²) in [4.78, 5) is 25.3. The molecule has 4 rings (SSSR count). The minimum atomic E-state index is -0.425. The largest absolute Gasteiger partial charge is 0.377 e. The Hall–Kier alpha value is -2.41. The molecule has 2 aromatic rings. The first-order valence-electron chi connectivity index (χ1n) is 7.93. The molecule has 2 unspecified atom stereocenters. The number of carbonyl (C=O) groups is 1. The summed E-state index contributed by atoms with van der Waals surface area (Å²) in [5.74, 6) is -0.596. The Kier molecular flexibility index (Phi) is 3.76. The van der Waals surface area contributed by atoms with E-state index < -0.39 is 11.1 Å². The average Bonchev–Trinajstić information content (AvgIpc) is 2.95. The maximum absolute atomic E-state index is 14.3. The number of aliphatic imine (C=N–C) groups is 1. The van der Waals surface area contributed by atoms with E-state index in [2.05, 4.69) is 9.98 Å². The smallest absolute Gasteiger partial charge is 0.248 e. The number of carbonyl (C=O) groups excluding carboxylic acids is 1. The predicted molar refractivity (Wildman–Crippen MR) is 98.1 cm³/mol. The normalized spacial score (nSPS) is 21.3. The Morgan fingerprint density at radius 2 is 2.08 bits per heavy atom. The van der Waals surface area contributed by atoms with Gasteiger partial charge in [0.1, 0.15) is 22.1 Å². The molecule has 2 aliphatic rings. The summed E-state index contributed by atoms with van der Waals surface area (Å²) in [6.45, 7) is 1.81. The molecule has 0 saturated carbocycles. The Balaban J connectivity index is 1.75. The van der Waals surface area contributed by atoms with Crippen LogP contribution < -0.4 is 9.80 Å². The van der Waals surface area contributed by atoms with E-state index in [-0.39, 0.29) is 17.6 Å². The number of rotatable bonds is 2. The molecule has 128 valence electrons. The molecule has 1 aromatic heterocycles. The number of benzene rings is 1. The molecule has 0 saturated heterocycles. The Morgan fingerprint density at radius 1 is 1.28 bits per heavy atom. The van der Waals surface area contributed by atoms with Gasteiger partial charge < -0.3 is 4.90 Å². The fourth-order valence-corrected chi connectivity index (χ4v) is 4.47. The second-order valence-corrected chi connectivity index (χ2v) is 7.48. The zero-order chi connectivity index (χ0) is 17.7. The van der Waals surface area contributed by atoms with Crippen LogP contribution in [0.1, 0.15) is 17.2 Å². The van der Waals surface area contributed by atoms with Crippen molar-refractivity contribution >= 4 is 35.4 Å². The molecule has 0 spiro atoms. The third-order valence-corrected chi connectivity index (χ3v) is 5.68. The van der Waals surface area contributed by atoms with E-state index in [0.717, 1.165) is 21.8 Å². The van der Waals surface area contributed by atoms with E-state index in [1.165, 1.54) is 29.1 Å². The van der Waals surface area contributed by atoms with Crippen LogP contribution in [0.2, 0.25) is 0 Å². The minimum Gasteiger partial charge on any atom is -0.377 e. The van der Waals surface area contributed by atoms with Crippen LogP contribution in [0.15, 0.2) is 40.5 Å². The number of amides is 1. The van der Waals surface area contributed by atoms with Crippen molar-refractivity contribution in [3.05, 3.63) is 47.4 Å². The molecule has 0 bridgehead atoms. The van der Waals surface area contributed by atoms with Gasteiger partial charge in [0.05, 0.1) is 12.0 Å². The van der Waals surface area contributed by atoms with Crippen molar-refractivity contribution in [1.29, 1.82) is 0 Å². The minimum absolute atomic E-state index is 0.171. The van der Waals surface area contributed by atoms with Crippen LogP contribution in [0.3, 0.4) is 0 Å². The van der Waals surface area contributed by atoms with Crippen molar-refractivity contribution < 1.29 is 9.18 Å². The standard InChI is InChI=1S/C18H17FN4OS/c1-10-4-5-12(11(19)8-10)23-9-21-15-14-13(22(2)3)6-7-20-17(14)25-16(15)18(23)24/h4-9,15-16H,1-3H3. The van der Waals surface area contributed by atoms with Crippen LogP contribution in [-0.4, -0.2) is 36.6 Å². The molecule has 7 heteroatoms. The van der Waals surface area contributed by atoms with Crippen molar-refractivity contribution in [2.24, 2.45) is 4.99 Å². The first-order valence-corrected chi connectivity index (χ1v) is 8.80. The molecular formula is C18H17FN4OS. The van der Waals surface area contributed by atoms with Gasteiger partial charge in [-0.1, -0.05) is 17.8 Å². The van der Waals surface area contributed by atoms with E-state index in [4.69, 9.17) is 0 Å². The number of hydrogen-bond acceptors (Lipinski definition) is 5. The molecule has 2 atom stereocenters. The van der Waals surface area contributed by atoms with E-state index in [9.17, 15) is 9.18 Å². The Labute approximate surface area is 149 Å². The lowest BCUT2D eigenvalue weighted by Gasteiger charge is -2.29. The van der Waals surface area contributed by atoms with Gasteiger partial charge in [0, 0.05) is 31.5 Å². The molecule has 3 heterocycles. The molecule has 0 fully saturated rings. The molecule has 0 aliphatic carbocycles. The average molecular weight is 356 g/mol. The first kappa shape index (κ1) is 16.1. The summed E-state index contributed by atoms with van der Waals surface area (Å²) in [5, 5.41) is 0.396. The van der Waals surface area contributed by atoms with Crippen molar-refractivity contribution in [1.82, 2.24) is 4.98 Å². The summed E-state index contributed by atoms with van der Waals surface area (Å²) in [7, 11) is 3.91. The van der Waals surface area contributed by atoms with Gasteiger partial charge in [0.25, 0.3) is 0 Å². The molecule has 0 N–H and O–H groups in total. The highest BCUT2D eigenvalue weighted by Crippen LogP contribution is 2.50. The highest BCUT2D eigenvalue weighted by Gasteiger charge is 2.45. The highest BCUT2D eigenvalue weighted by atomic mass is 32.2. The highest BCUT2D eigenvalue weighted by molar-refractivity contribution is 8.01. The lowest BCUT2D eigenvalue weighted by molar-refractivity contribution is -0.117. The number of thioether (sulfide) groups is 1. The number of halogens is 1. The van der Waals surface area contributed by atoms with Gasteiger partial charge in [0.15, 0.2) is 0 Å². The third kappa shape index (κ3) is 2.50. The van der Waals surface area contributed by atoms with Gasteiger partial charge in [-0.25, -0.2) is 9.37 Å². The lowest BCUT2D eigenvalue weighted by Crippen LogP contribution is -2.42. The van der Waals surface area contributed by atoms with Gasteiger partial charge in [-0.15, -0.1) is 0 Å². The first-order chi connectivity index (χ1) is 12.0. The van der Waals surface area contributed by atoms with Gasteiger partial charge in [-0.2, -0.15) is 0 Å². The molecule has 5 nitrogen and oxygen atoms in total. The topological polar surface area (TPSA) is 48.8 Å². The van der Waals surface area contributed by atoms with E-state index >= 15 is 0 Å². The summed E-state index contributed by atoms with van der Waals surface area (Å²) in [5.41, 5.74) is 3.01. The van der Waals surface area contributed by atoms with E-state index in [1.54, 1.807) is 18.3 Å². The monoisotopic (exact) mass is 356 g/mol. The summed E-state index contributed by atoms with van der Waals surface area (Å²) in [6.07, 6.45) is 3.18. The maximum Gasteiger partial charge on any atom is 0.248 e. The van der Waals surface area contributed by atoms with Crippen LogP contribution >= 0.6 is 11.8 Å². The zero-order valence-corrected chi connectivity index (χ0v) is 14.9. The maximum atomic E-state index is 14.3. The Bertz CT molecular complexity index is 899. The number of anilines is 2. The number of nitrogens with zero attached hydrogens (tertiary/aromatic N) is 4. The van der Waals surface area contributed by atoms with Crippen LogP contribution in [-0.2, 0) is 4.79 Å². The van der Waals surface area contributed by atoms with E-state index in [0.29, 0.717) is 0 Å². The van der Waals surface area contributed by atoms with Gasteiger partial charge in [-0.3, -0.25) is 14.7 Å². The van der Waals surface area contributed by atoms with E-state index in [1.807, 2.05) is 32.0 Å². The molecule has 0 radical (unpaired) electrons. The van der Waals surface area contributed by atoms with Crippen molar-refractivity contribution in [3.8, 4) is 0 Å². The summed E-state index contributed by atoms with van der Waals surface area (Å²) < 4.78 is 14.3. The summed E-state index contributed by atoms with van der Waals surface area (Å²) in [6, 6.07) is 6.46. The number of pyridine rings is 1. The lowest BCUT2D eigenvalue weighted by atomic mass is 10.0. The molecule has 2 aliphatic heterocycles. The van der Waals surface area contributed by atoms with Crippen LogP contribution in [0.5, 0.6) is 0 Å². The second kappa shape index (κ2) is 5.84. The predicted octanol–water partition coefficient (Wildman–Crippen LogP) is 3.19. The van der Waals surface area contributed by atoms with Crippen LogP contribution in [0.4, 0.5) is 15.8 Å². The van der Waals surface area contributed by atoms with Crippen LogP contribution in [0.25, 0.3) is 0 Å². The fourth-order valence-electron chi connectivity index (χ4n) is 3.20. The zero-order valence-electron chi connectivity index (χ0n) is 14.1. The number of fused-ring (bicyclic) bond motifs is 3. The number of aromatic nitrogens is 1. The van der Waals surface area contributed by atoms with Crippen molar-refractivity contribution in [2.45, 2.75) is 23.2 Å². The quantitative estimate of drug-likeness (QED) is 0.829. The van der Waals surface area contributed by atoms with Gasteiger partial charge >= 0.3 is 0 Å². The molecule has 1 amide bonds. The van der Waals surface area contributed by atoms with Crippen LogP contribution in [0, 0.1) is 12.7 Å². The second-order valence-electron chi connectivity index (χ2n) is 6.35. The molecular weight excluding hydrogens is 339 g/mol. The molecule has 25 heavy (non-hydrogen) atoms. The van der Waals surface area contributed by atoms with Crippen molar-refractivity contribution in [3.63, 3.8) is 0 Å². The number of hydrogen-bond donors (Lipinski definition) is 0. The van der Waals surface area contributed by atoms with Gasteiger partial charge in [-0.05, 0) is 30.7 Å². The SMILES string of the molecule is Cc1ccc(N2C=NC3c4c(N(C)C)ccnc4SC3C2=O)c(F)c1. The fraction of sp³-hybridized carbons (Fsp3) is 0.278. The molecule has 1 aromatic carbocycles. The number of aryl methyl sites for hydroxylation is 1. The Morgan fingerprint density at radius 3 is 2.80 bits per heavy atom. The summed E-state index contributed by atoms with van der Waals surface area (Å²) >= 11 is 1.40. The van der Waals surface area contributed by atoms with Crippen molar-refractivity contribution in [2.75, 3.05) is 23.9 Å². The third-order valence-electron chi connectivity index (χ3n) is 4.42. The van der Waals surface area contributed by atoms with Gasteiger partial charge in [0.2, 0.25) is 5.91 Å².